The van der Waals surface area contributed by atoms with Crippen molar-refractivity contribution in [2.75, 3.05) is 6.61 Å². The Hall–Kier alpha value is -1.77. The fraction of sp³-hybridized carbons (Fsp3) is 0.438. The largest absolute Gasteiger partial charge is 0.493 e. The maximum absolute atomic E-state index is 5.77. The molecule has 0 bridgehead atoms. The Labute approximate surface area is 115 Å². The molecule has 3 nitrogen and oxygen atoms in total. The summed E-state index contributed by atoms with van der Waals surface area (Å²) in [6.45, 7) is 3.97. The molecule has 0 saturated heterocycles. The van der Waals surface area contributed by atoms with Crippen molar-refractivity contribution < 1.29 is 4.74 Å². The number of benzene rings is 1. The van der Waals surface area contributed by atoms with E-state index in [2.05, 4.69) is 22.5 Å². The number of aryl methyl sites for hydroxylation is 2. The minimum absolute atomic E-state index is 0.815. The lowest BCUT2D eigenvalue weighted by atomic mass is 10.2. The molecule has 1 heterocycles. The van der Waals surface area contributed by atoms with Crippen LogP contribution in [0.5, 0.6) is 5.75 Å². The van der Waals surface area contributed by atoms with Gasteiger partial charge in [0.05, 0.1) is 12.9 Å². The summed E-state index contributed by atoms with van der Waals surface area (Å²) in [5.41, 5.74) is 1.21. The van der Waals surface area contributed by atoms with Gasteiger partial charge in [0.15, 0.2) is 0 Å². The van der Waals surface area contributed by atoms with Gasteiger partial charge in [-0.15, -0.1) is 0 Å². The lowest BCUT2D eigenvalue weighted by Gasteiger charge is -2.08. The molecule has 0 saturated carbocycles. The third-order valence-corrected chi connectivity index (χ3v) is 3.22. The average molecular weight is 258 g/mol. The van der Waals surface area contributed by atoms with Crippen LogP contribution in [0.4, 0.5) is 0 Å². The van der Waals surface area contributed by atoms with Crippen LogP contribution in [0.15, 0.2) is 43.0 Å². The number of para-hydroxylation sites is 1. The number of nitrogens with zero attached hydrogens (tertiary/aromatic N) is 2. The molecule has 2 aromatic rings. The number of unbranched alkanes of at least 4 members (excludes halogenated alkanes) is 3. The lowest BCUT2D eigenvalue weighted by Crippen LogP contribution is -1.99. The maximum Gasteiger partial charge on any atom is 0.122 e. The quantitative estimate of drug-likeness (QED) is 0.673. The van der Waals surface area contributed by atoms with Gasteiger partial charge in [0, 0.05) is 18.9 Å². The van der Waals surface area contributed by atoms with Crippen molar-refractivity contribution in [3.8, 4) is 5.75 Å². The van der Waals surface area contributed by atoms with Crippen LogP contribution in [0.2, 0.25) is 0 Å². The topological polar surface area (TPSA) is 27.1 Å². The molecule has 3 heteroatoms. The van der Waals surface area contributed by atoms with Crippen LogP contribution in [-0.4, -0.2) is 16.2 Å². The van der Waals surface area contributed by atoms with Crippen molar-refractivity contribution in [3.05, 3.63) is 48.5 Å². The molecule has 0 spiro atoms. The predicted molar refractivity (Wildman–Crippen MR) is 77.4 cm³/mol. The summed E-state index contributed by atoms with van der Waals surface area (Å²) >= 11 is 0. The van der Waals surface area contributed by atoms with Gasteiger partial charge in [-0.05, 0) is 31.4 Å². The molecule has 102 valence electrons. The second kappa shape index (κ2) is 7.62. The van der Waals surface area contributed by atoms with Crippen LogP contribution in [0.25, 0.3) is 0 Å². The molecule has 19 heavy (non-hydrogen) atoms. The molecule has 0 atom stereocenters. The molecule has 0 unspecified atom stereocenters. The molecule has 0 aliphatic carbocycles. The van der Waals surface area contributed by atoms with Crippen LogP contribution in [0.3, 0.4) is 0 Å². The van der Waals surface area contributed by atoms with Gasteiger partial charge in [-0.25, -0.2) is 4.98 Å². The number of hydrogen-bond donors (Lipinski definition) is 0. The third kappa shape index (κ3) is 4.78. The summed E-state index contributed by atoms with van der Waals surface area (Å²) in [5, 5.41) is 0. The van der Waals surface area contributed by atoms with Crippen molar-refractivity contribution in [2.45, 2.75) is 39.2 Å². The lowest BCUT2D eigenvalue weighted by molar-refractivity contribution is 0.302. The fourth-order valence-corrected chi connectivity index (χ4v) is 2.07. The highest BCUT2D eigenvalue weighted by Gasteiger charge is 1.97. The zero-order valence-corrected chi connectivity index (χ0v) is 11.6. The minimum atomic E-state index is 0.815. The summed E-state index contributed by atoms with van der Waals surface area (Å²) in [6.07, 6.45) is 10.5. The minimum Gasteiger partial charge on any atom is -0.493 e. The van der Waals surface area contributed by atoms with E-state index in [0.717, 1.165) is 25.3 Å². The first kappa shape index (κ1) is 13.7. The molecule has 0 aliphatic heterocycles. The summed E-state index contributed by atoms with van der Waals surface area (Å²) in [7, 11) is 0. The number of hydrogen-bond acceptors (Lipinski definition) is 2. The van der Waals surface area contributed by atoms with E-state index in [1.165, 1.54) is 24.8 Å². The Morgan fingerprint density at radius 3 is 2.74 bits per heavy atom. The highest BCUT2D eigenvalue weighted by Crippen LogP contribution is 2.16. The van der Waals surface area contributed by atoms with E-state index in [4.69, 9.17) is 4.74 Å². The molecular weight excluding hydrogens is 236 g/mol. The Balaban J connectivity index is 1.52. The van der Waals surface area contributed by atoms with Crippen LogP contribution in [0.1, 0.15) is 31.2 Å². The molecular formula is C16H22N2O. The van der Waals surface area contributed by atoms with E-state index in [1.807, 2.05) is 36.9 Å². The highest BCUT2D eigenvalue weighted by atomic mass is 16.5. The molecule has 0 aliphatic rings. The van der Waals surface area contributed by atoms with Gasteiger partial charge in [-0.1, -0.05) is 31.0 Å². The van der Waals surface area contributed by atoms with Crippen LogP contribution in [0, 0.1) is 6.92 Å². The van der Waals surface area contributed by atoms with Crippen molar-refractivity contribution in [2.24, 2.45) is 0 Å². The molecule has 0 N–H and O–H groups in total. The smallest absolute Gasteiger partial charge is 0.122 e. The standard InChI is InChI=1S/C16H22N2O/c1-15-8-4-5-9-16(15)19-13-7-3-2-6-11-18-12-10-17-14-18/h4-5,8-10,12,14H,2-3,6-7,11,13H2,1H3. The van der Waals surface area contributed by atoms with Gasteiger partial charge in [-0.3, -0.25) is 0 Å². The van der Waals surface area contributed by atoms with Gasteiger partial charge in [-0.2, -0.15) is 0 Å². The second-order valence-corrected chi connectivity index (χ2v) is 4.83. The third-order valence-electron chi connectivity index (χ3n) is 3.22. The van der Waals surface area contributed by atoms with E-state index >= 15 is 0 Å². The Morgan fingerprint density at radius 1 is 1.11 bits per heavy atom. The first-order valence-electron chi connectivity index (χ1n) is 7.00. The zero-order valence-electron chi connectivity index (χ0n) is 11.6. The van der Waals surface area contributed by atoms with Crippen LogP contribution in [-0.2, 0) is 6.54 Å². The molecule has 1 aromatic carbocycles. The summed E-state index contributed by atoms with van der Waals surface area (Å²) in [4.78, 5) is 4.04. The number of rotatable bonds is 8. The SMILES string of the molecule is Cc1ccccc1OCCCCCCn1ccnc1. The van der Waals surface area contributed by atoms with E-state index in [9.17, 15) is 0 Å². The monoisotopic (exact) mass is 258 g/mol. The second-order valence-electron chi connectivity index (χ2n) is 4.83. The predicted octanol–water partition coefficient (Wildman–Crippen LogP) is 3.83. The first-order chi connectivity index (χ1) is 9.36. The molecule has 1 aromatic heterocycles. The zero-order chi connectivity index (χ0) is 13.3. The van der Waals surface area contributed by atoms with E-state index < -0.39 is 0 Å². The highest BCUT2D eigenvalue weighted by molar-refractivity contribution is 5.31. The molecule has 0 fully saturated rings. The number of imidazole rings is 1. The Morgan fingerprint density at radius 2 is 1.95 bits per heavy atom. The summed E-state index contributed by atoms with van der Waals surface area (Å²) in [6, 6.07) is 8.18. The van der Waals surface area contributed by atoms with Crippen molar-refractivity contribution in [1.82, 2.24) is 9.55 Å². The maximum atomic E-state index is 5.77. The fourth-order valence-electron chi connectivity index (χ4n) is 2.07. The van der Waals surface area contributed by atoms with Gasteiger partial charge >= 0.3 is 0 Å². The van der Waals surface area contributed by atoms with Crippen molar-refractivity contribution in [1.29, 1.82) is 0 Å². The summed E-state index contributed by atoms with van der Waals surface area (Å²) in [5.74, 6) is 1.01. The van der Waals surface area contributed by atoms with Gasteiger partial charge < -0.3 is 9.30 Å². The number of aromatic nitrogens is 2. The summed E-state index contributed by atoms with van der Waals surface area (Å²) < 4.78 is 7.90. The number of ether oxygens (including phenoxy) is 1. The van der Waals surface area contributed by atoms with E-state index in [1.54, 1.807) is 0 Å². The Bertz CT molecular complexity index is 465. The molecule has 0 amide bonds. The molecule has 0 radical (unpaired) electrons. The van der Waals surface area contributed by atoms with E-state index in [0.29, 0.717) is 0 Å². The van der Waals surface area contributed by atoms with Crippen LogP contribution >= 0.6 is 0 Å². The van der Waals surface area contributed by atoms with Crippen molar-refractivity contribution >= 4 is 0 Å². The van der Waals surface area contributed by atoms with Crippen molar-refractivity contribution in [3.63, 3.8) is 0 Å². The van der Waals surface area contributed by atoms with Gasteiger partial charge in [0.2, 0.25) is 0 Å². The van der Waals surface area contributed by atoms with E-state index in [-0.39, 0.29) is 0 Å². The van der Waals surface area contributed by atoms with Gasteiger partial charge in [0.1, 0.15) is 5.75 Å². The Kier molecular flexibility index (Phi) is 5.48. The first-order valence-corrected chi connectivity index (χ1v) is 7.00. The molecule has 2 rings (SSSR count). The average Bonchev–Trinajstić information content (AvgIpc) is 2.93. The normalized spacial score (nSPS) is 10.6. The van der Waals surface area contributed by atoms with Crippen LogP contribution < -0.4 is 4.74 Å². The van der Waals surface area contributed by atoms with Gasteiger partial charge in [0.25, 0.3) is 0 Å².